The van der Waals surface area contributed by atoms with Crippen LogP contribution in [0.25, 0.3) is 0 Å². The molecule has 2 aliphatic rings. The maximum Gasteiger partial charge on any atom is 0.222 e. The summed E-state index contributed by atoms with van der Waals surface area (Å²) in [6.07, 6.45) is 4.26. The lowest BCUT2D eigenvalue weighted by Gasteiger charge is -2.30. The van der Waals surface area contributed by atoms with E-state index in [9.17, 15) is 4.79 Å². The van der Waals surface area contributed by atoms with Crippen molar-refractivity contribution in [2.24, 2.45) is 0 Å². The van der Waals surface area contributed by atoms with E-state index >= 15 is 0 Å². The number of nitrogens with zero attached hydrogens (tertiary/aromatic N) is 2. The number of rotatable bonds is 4. The lowest BCUT2D eigenvalue weighted by atomic mass is 10.1. The quantitative estimate of drug-likeness (QED) is 0.920. The van der Waals surface area contributed by atoms with Gasteiger partial charge in [-0.25, -0.2) is 0 Å². The standard InChI is InChI=1S/C17H25N3O/c1-19-13-15(6-9-17(19)21)18-12-14-4-7-16(8-5-14)20-10-2-3-11-20/h4-5,7-8,15,18H,2-3,6,9-13H2,1H3. The summed E-state index contributed by atoms with van der Waals surface area (Å²) in [5.74, 6) is 0.267. The van der Waals surface area contributed by atoms with E-state index in [2.05, 4.69) is 34.5 Å². The van der Waals surface area contributed by atoms with E-state index in [1.807, 2.05) is 11.9 Å². The Morgan fingerprint density at radius 3 is 2.57 bits per heavy atom. The number of likely N-dealkylation sites (tertiary alicyclic amines) is 1. The van der Waals surface area contributed by atoms with Crippen LogP contribution in [-0.2, 0) is 11.3 Å². The maximum atomic E-state index is 11.5. The van der Waals surface area contributed by atoms with E-state index < -0.39 is 0 Å². The zero-order chi connectivity index (χ0) is 14.7. The van der Waals surface area contributed by atoms with Crippen LogP contribution in [0.4, 0.5) is 5.69 Å². The minimum Gasteiger partial charge on any atom is -0.372 e. The second-order valence-corrected chi connectivity index (χ2v) is 6.25. The van der Waals surface area contributed by atoms with Crippen molar-refractivity contribution in [3.8, 4) is 0 Å². The lowest BCUT2D eigenvalue weighted by Crippen LogP contribution is -2.46. The van der Waals surface area contributed by atoms with E-state index in [0.29, 0.717) is 12.5 Å². The number of hydrogen-bond acceptors (Lipinski definition) is 3. The summed E-state index contributed by atoms with van der Waals surface area (Å²) in [6.45, 7) is 4.09. The van der Waals surface area contributed by atoms with Crippen LogP contribution in [0.1, 0.15) is 31.2 Å². The van der Waals surface area contributed by atoms with E-state index in [4.69, 9.17) is 0 Å². The van der Waals surface area contributed by atoms with Crippen molar-refractivity contribution in [2.45, 2.75) is 38.3 Å². The number of anilines is 1. The fourth-order valence-electron chi connectivity index (χ4n) is 3.24. The van der Waals surface area contributed by atoms with Gasteiger partial charge in [0.1, 0.15) is 0 Å². The molecule has 2 fully saturated rings. The van der Waals surface area contributed by atoms with Gasteiger partial charge in [0.05, 0.1) is 0 Å². The van der Waals surface area contributed by atoms with Crippen LogP contribution in [0.5, 0.6) is 0 Å². The van der Waals surface area contributed by atoms with Gasteiger partial charge in [-0.05, 0) is 37.0 Å². The monoisotopic (exact) mass is 287 g/mol. The molecular weight excluding hydrogens is 262 g/mol. The summed E-state index contributed by atoms with van der Waals surface area (Å²) < 4.78 is 0. The van der Waals surface area contributed by atoms with Gasteiger partial charge in [-0.15, -0.1) is 0 Å². The second-order valence-electron chi connectivity index (χ2n) is 6.25. The Morgan fingerprint density at radius 2 is 1.90 bits per heavy atom. The first-order valence-electron chi connectivity index (χ1n) is 8.03. The molecule has 0 bridgehead atoms. The summed E-state index contributed by atoms with van der Waals surface area (Å²) in [5.41, 5.74) is 2.66. The molecule has 1 unspecified atom stereocenters. The molecule has 1 aromatic rings. The number of likely N-dealkylation sites (N-methyl/N-ethyl adjacent to an activating group) is 1. The Morgan fingerprint density at radius 1 is 1.19 bits per heavy atom. The number of benzene rings is 1. The van der Waals surface area contributed by atoms with Gasteiger partial charge in [0.25, 0.3) is 0 Å². The van der Waals surface area contributed by atoms with Crippen molar-refractivity contribution in [1.29, 1.82) is 0 Å². The van der Waals surface area contributed by atoms with Crippen LogP contribution >= 0.6 is 0 Å². The van der Waals surface area contributed by atoms with Gasteiger partial charge < -0.3 is 15.1 Å². The summed E-state index contributed by atoms with van der Waals surface area (Å²) in [5, 5.41) is 3.57. The van der Waals surface area contributed by atoms with Gasteiger partial charge in [-0.2, -0.15) is 0 Å². The predicted molar refractivity (Wildman–Crippen MR) is 85.4 cm³/mol. The van der Waals surface area contributed by atoms with Gasteiger partial charge in [0.2, 0.25) is 5.91 Å². The molecule has 3 rings (SSSR count). The van der Waals surface area contributed by atoms with Crippen LogP contribution in [-0.4, -0.2) is 43.5 Å². The summed E-state index contributed by atoms with van der Waals surface area (Å²) in [7, 11) is 1.89. The fraction of sp³-hybridized carbons (Fsp3) is 0.588. The molecule has 4 heteroatoms. The van der Waals surface area contributed by atoms with Crippen molar-refractivity contribution in [3.63, 3.8) is 0 Å². The zero-order valence-electron chi connectivity index (χ0n) is 12.8. The fourth-order valence-corrected chi connectivity index (χ4v) is 3.24. The van der Waals surface area contributed by atoms with Gasteiger partial charge in [-0.3, -0.25) is 4.79 Å². The second kappa shape index (κ2) is 6.48. The number of carbonyl (C=O) groups excluding carboxylic acids is 1. The average molecular weight is 287 g/mol. The molecule has 0 spiro atoms. The van der Waals surface area contributed by atoms with Gasteiger partial charge in [0, 0.05) is 51.4 Å². The third kappa shape index (κ3) is 3.56. The van der Waals surface area contributed by atoms with Crippen molar-refractivity contribution in [1.82, 2.24) is 10.2 Å². The number of amides is 1. The first-order valence-corrected chi connectivity index (χ1v) is 8.03. The smallest absolute Gasteiger partial charge is 0.222 e. The molecule has 0 saturated carbocycles. The topological polar surface area (TPSA) is 35.6 Å². The van der Waals surface area contributed by atoms with E-state index in [1.165, 1.54) is 37.2 Å². The SMILES string of the molecule is CN1CC(NCc2ccc(N3CCCC3)cc2)CCC1=O. The Labute approximate surface area is 127 Å². The van der Waals surface area contributed by atoms with E-state index in [0.717, 1.165) is 19.5 Å². The van der Waals surface area contributed by atoms with E-state index in [1.54, 1.807) is 0 Å². The Hall–Kier alpha value is -1.55. The van der Waals surface area contributed by atoms with E-state index in [-0.39, 0.29) is 5.91 Å². The number of piperidine rings is 1. The van der Waals surface area contributed by atoms with Crippen LogP contribution in [0.3, 0.4) is 0 Å². The normalized spacial score (nSPS) is 22.9. The molecule has 114 valence electrons. The van der Waals surface area contributed by atoms with Crippen molar-refractivity contribution in [3.05, 3.63) is 29.8 Å². The molecule has 21 heavy (non-hydrogen) atoms. The van der Waals surface area contributed by atoms with Gasteiger partial charge >= 0.3 is 0 Å². The highest BCUT2D eigenvalue weighted by Gasteiger charge is 2.22. The van der Waals surface area contributed by atoms with Crippen molar-refractivity contribution >= 4 is 11.6 Å². The third-order valence-electron chi connectivity index (χ3n) is 4.63. The largest absolute Gasteiger partial charge is 0.372 e. The minimum atomic E-state index is 0.267. The maximum absolute atomic E-state index is 11.5. The first-order chi connectivity index (χ1) is 10.2. The van der Waals surface area contributed by atoms with Gasteiger partial charge in [0.15, 0.2) is 0 Å². The van der Waals surface area contributed by atoms with Crippen LogP contribution in [0, 0.1) is 0 Å². The molecular formula is C17H25N3O. The summed E-state index contributed by atoms with van der Waals surface area (Å²) in [6, 6.07) is 9.33. The molecule has 1 aromatic carbocycles. The molecule has 2 aliphatic heterocycles. The number of nitrogens with one attached hydrogen (secondary N) is 1. The molecule has 1 atom stereocenters. The molecule has 2 heterocycles. The molecule has 0 aromatic heterocycles. The molecule has 0 aliphatic carbocycles. The molecule has 1 amide bonds. The summed E-state index contributed by atoms with van der Waals surface area (Å²) >= 11 is 0. The third-order valence-corrected chi connectivity index (χ3v) is 4.63. The Balaban J connectivity index is 1.50. The molecule has 4 nitrogen and oxygen atoms in total. The molecule has 1 N–H and O–H groups in total. The van der Waals surface area contributed by atoms with Crippen molar-refractivity contribution < 1.29 is 4.79 Å². The predicted octanol–water partition coefficient (Wildman–Crippen LogP) is 2.00. The highest BCUT2D eigenvalue weighted by molar-refractivity contribution is 5.76. The van der Waals surface area contributed by atoms with Crippen molar-refractivity contribution in [2.75, 3.05) is 31.6 Å². The highest BCUT2D eigenvalue weighted by Crippen LogP contribution is 2.20. The lowest BCUT2D eigenvalue weighted by molar-refractivity contribution is -0.132. The van der Waals surface area contributed by atoms with Crippen LogP contribution < -0.4 is 10.2 Å². The number of carbonyl (C=O) groups is 1. The minimum absolute atomic E-state index is 0.267. The summed E-state index contributed by atoms with van der Waals surface area (Å²) in [4.78, 5) is 15.8. The Kier molecular flexibility index (Phi) is 4.44. The number of hydrogen-bond donors (Lipinski definition) is 1. The Bertz CT molecular complexity index is 479. The van der Waals surface area contributed by atoms with Crippen LogP contribution in [0.2, 0.25) is 0 Å². The van der Waals surface area contributed by atoms with Crippen LogP contribution in [0.15, 0.2) is 24.3 Å². The molecule has 2 saturated heterocycles. The first kappa shape index (κ1) is 14.4. The average Bonchev–Trinajstić information content (AvgIpc) is 3.03. The highest BCUT2D eigenvalue weighted by atomic mass is 16.2. The molecule has 0 radical (unpaired) electrons. The van der Waals surface area contributed by atoms with Gasteiger partial charge in [-0.1, -0.05) is 12.1 Å². The zero-order valence-corrected chi connectivity index (χ0v) is 12.8.